The van der Waals surface area contributed by atoms with Gasteiger partial charge in [0.1, 0.15) is 0 Å². The number of hydrogen-bond acceptors (Lipinski definition) is 3. The third-order valence-corrected chi connectivity index (χ3v) is 3.10. The molecule has 0 radical (unpaired) electrons. The highest BCUT2D eigenvalue weighted by Crippen LogP contribution is 2.05. The Kier molecular flexibility index (Phi) is 6.39. The summed E-state index contributed by atoms with van der Waals surface area (Å²) in [6.07, 6.45) is 0.607. The molecule has 1 amide bonds. The van der Waals surface area contributed by atoms with E-state index in [2.05, 4.69) is 10.6 Å². The van der Waals surface area contributed by atoms with Crippen molar-refractivity contribution in [2.24, 2.45) is 0 Å². The molecule has 0 bridgehead atoms. The Bertz CT molecular complexity index is 443. The third kappa shape index (κ3) is 5.53. The van der Waals surface area contributed by atoms with E-state index in [1.165, 1.54) is 6.92 Å². The van der Waals surface area contributed by atoms with E-state index in [-0.39, 0.29) is 23.8 Å². The maximum Gasteiger partial charge on any atom is 0.238 e. The van der Waals surface area contributed by atoms with Crippen LogP contribution < -0.4 is 10.6 Å². The first-order chi connectivity index (χ1) is 9.40. The van der Waals surface area contributed by atoms with Crippen LogP contribution in [0.1, 0.15) is 33.3 Å². The van der Waals surface area contributed by atoms with E-state index in [9.17, 15) is 9.59 Å². The van der Waals surface area contributed by atoms with Crippen molar-refractivity contribution in [3.8, 4) is 0 Å². The Labute approximate surface area is 121 Å². The molecule has 0 unspecified atom stereocenters. The van der Waals surface area contributed by atoms with Gasteiger partial charge in [0.15, 0.2) is 5.78 Å². The molecule has 20 heavy (non-hydrogen) atoms. The number of nitrogens with one attached hydrogen (secondary N) is 2. The van der Waals surface area contributed by atoms with Crippen LogP contribution in [0.2, 0.25) is 0 Å². The van der Waals surface area contributed by atoms with Crippen molar-refractivity contribution in [3.63, 3.8) is 0 Å². The standard InChI is InChI=1S/C16H24N2O2/c1-11(2)17-15(10-14-8-6-5-7-9-14)16(20)18-12(3)13(4)19/h5-9,11-12,15,17H,10H2,1-4H3,(H,18,20)/t12-,15-/m1/s1. The molecule has 4 nitrogen and oxygen atoms in total. The lowest BCUT2D eigenvalue weighted by Crippen LogP contribution is -2.51. The Morgan fingerprint density at radius 3 is 2.20 bits per heavy atom. The Balaban J connectivity index is 2.73. The maximum atomic E-state index is 12.3. The average Bonchev–Trinajstić information content (AvgIpc) is 2.38. The number of rotatable bonds is 7. The summed E-state index contributed by atoms with van der Waals surface area (Å²) in [5.74, 6) is -0.174. The highest BCUT2D eigenvalue weighted by atomic mass is 16.2. The van der Waals surface area contributed by atoms with E-state index in [0.717, 1.165) is 5.56 Å². The van der Waals surface area contributed by atoms with E-state index in [1.807, 2.05) is 44.2 Å². The molecule has 0 aliphatic rings. The molecule has 0 heterocycles. The minimum Gasteiger partial charge on any atom is -0.345 e. The maximum absolute atomic E-state index is 12.3. The van der Waals surface area contributed by atoms with Crippen LogP contribution in [0.15, 0.2) is 30.3 Å². The largest absolute Gasteiger partial charge is 0.345 e. The van der Waals surface area contributed by atoms with Crippen LogP contribution in [0.5, 0.6) is 0 Å². The lowest BCUT2D eigenvalue weighted by atomic mass is 10.0. The Morgan fingerprint density at radius 2 is 1.70 bits per heavy atom. The van der Waals surface area contributed by atoms with Gasteiger partial charge in [-0.05, 0) is 25.8 Å². The molecule has 0 spiro atoms. The molecular formula is C16H24N2O2. The summed E-state index contributed by atoms with van der Waals surface area (Å²) in [6, 6.07) is 9.27. The van der Waals surface area contributed by atoms with Gasteiger partial charge in [-0.1, -0.05) is 44.2 Å². The van der Waals surface area contributed by atoms with Gasteiger partial charge in [0.05, 0.1) is 12.1 Å². The number of benzene rings is 1. The van der Waals surface area contributed by atoms with Crippen LogP contribution >= 0.6 is 0 Å². The number of hydrogen-bond donors (Lipinski definition) is 2. The van der Waals surface area contributed by atoms with Gasteiger partial charge in [-0.2, -0.15) is 0 Å². The summed E-state index contributed by atoms with van der Waals surface area (Å²) >= 11 is 0. The molecule has 1 aromatic rings. The van der Waals surface area contributed by atoms with Crippen molar-refractivity contribution >= 4 is 11.7 Å². The fraction of sp³-hybridized carbons (Fsp3) is 0.500. The van der Waals surface area contributed by atoms with Gasteiger partial charge in [-0.3, -0.25) is 9.59 Å². The van der Waals surface area contributed by atoms with Gasteiger partial charge in [0.25, 0.3) is 0 Å². The lowest BCUT2D eigenvalue weighted by Gasteiger charge is -2.22. The third-order valence-electron chi connectivity index (χ3n) is 3.10. The molecule has 0 saturated carbocycles. The van der Waals surface area contributed by atoms with Crippen LogP contribution in [0.4, 0.5) is 0 Å². The first-order valence-electron chi connectivity index (χ1n) is 7.01. The van der Waals surface area contributed by atoms with Gasteiger partial charge >= 0.3 is 0 Å². The zero-order valence-electron chi connectivity index (χ0n) is 12.6. The van der Waals surface area contributed by atoms with Crippen LogP contribution in [0.3, 0.4) is 0 Å². The lowest BCUT2D eigenvalue weighted by molar-refractivity contribution is -0.128. The van der Waals surface area contributed by atoms with E-state index in [1.54, 1.807) is 6.92 Å². The predicted octanol–water partition coefficient (Wildman–Crippen LogP) is 1.69. The molecule has 1 aromatic carbocycles. The van der Waals surface area contributed by atoms with Gasteiger partial charge in [0.2, 0.25) is 5.91 Å². The fourth-order valence-corrected chi connectivity index (χ4v) is 1.90. The SMILES string of the molecule is CC(=O)[C@@H](C)NC(=O)[C@@H](Cc1ccccc1)NC(C)C. The normalized spacial score (nSPS) is 13.8. The molecule has 0 aliphatic carbocycles. The van der Waals surface area contributed by atoms with Gasteiger partial charge in [0, 0.05) is 6.04 Å². The number of amides is 1. The Morgan fingerprint density at radius 1 is 1.10 bits per heavy atom. The zero-order chi connectivity index (χ0) is 15.1. The number of ketones is 1. The molecule has 0 saturated heterocycles. The van der Waals surface area contributed by atoms with Gasteiger partial charge in [-0.15, -0.1) is 0 Å². The van der Waals surface area contributed by atoms with E-state index in [0.29, 0.717) is 6.42 Å². The second-order valence-corrected chi connectivity index (χ2v) is 5.40. The Hall–Kier alpha value is -1.68. The molecule has 0 fully saturated rings. The molecule has 1 rings (SSSR count). The quantitative estimate of drug-likeness (QED) is 0.797. The average molecular weight is 276 g/mol. The van der Waals surface area contributed by atoms with Crippen molar-refractivity contribution < 1.29 is 9.59 Å². The summed E-state index contributed by atoms with van der Waals surface area (Å²) in [5.41, 5.74) is 1.09. The smallest absolute Gasteiger partial charge is 0.238 e. The number of carbonyl (C=O) groups excluding carboxylic acids is 2. The minimum absolute atomic E-state index is 0.0404. The summed E-state index contributed by atoms with van der Waals surface area (Å²) in [5, 5.41) is 6.00. The zero-order valence-corrected chi connectivity index (χ0v) is 12.6. The highest BCUT2D eigenvalue weighted by molar-refractivity contribution is 5.89. The monoisotopic (exact) mass is 276 g/mol. The summed E-state index contributed by atoms with van der Waals surface area (Å²) in [6.45, 7) is 7.18. The van der Waals surface area contributed by atoms with Crippen LogP contribution in [0, 0.1) is 0 Å². The highest BCUT2D eigenvalue weighted by Gasteiger charge is 2.22. The number of carbonyl (C=O) groups is 2. The molecule has 2 atom stereocenters. The predicted molar refractivity (Wildman–Crippen MR) is 80.5 cm³/mol. The summed E-state index contributed by atoms with van der Waals surface area (Å²) in [7, 11) is 0. The summed E-state index contributed by atoms with van der Waals surface area (Å²) in [4.78, 5) is 23.5. The van der Waals surface area contributed by atoms with E-state index < -0.39 is 6.04 Å². The van der Waals surface area contributed by atoms with Crippen molar-refractivity contribution in [1.82, 2.24) is 10.6 Å². The van der Waals surface area contributed by atoms with Crippen LogP contribution in [-0.4, -0.2) is 29.8 Å². The molecular weight excluding hydrogens is 252 g/mol. The second-order valence-electron chi connectivity index (χ2n) is 5.40. The van der Waals surface area contributed by atoms with Crippen molar-refractivity contribution in [1.29, 1.82) is 0 Å². The molecule has 110 valence electrons. The van der Waals surface area contributed by atoms with E-state index >= 15 is 0 Å². The van der Waals surface area contributed by atoms with E-state index in [4.69, 9.17) is 0 Å². The molecule has 0 aliphatic heterocycles. The van der Waals surface area contributed by atoms with Crippen molar-refractivity contribution in [2.75, 3.05) is 0 Å². The molecule has 4 heteroatoms. The number of Topliss-reactive ketones (excluding diaryl/α,β-unsaturated/α-hetero) is 1. The van der Waals surface area contributed by atoms with Gasteiger partial charge in [-0.25, -0.2) is 0 Å². The molecule has 0 aromatic heterocycles. The fourth-order valence-electron chi connectivity index (χ4n) is 1.90. The van der Waals surface area contributed by atoms with Gasteiger partial charge < -0.3 is 10.6 Å². The van der Waals surface area contributed by atoms with Crippen molar-refractivity contribution in [2.45, 2.75) is 52.2 Å². The second kappa shape index (κ2) is 7.80. The first-order valence-corrected chi connectivity index (χ1v) is 7.01. The summed E-state index contributed by atoms with van der Waals surface area (Å²) < 4.78 is 0. The van der Waals surface area contributed by atoms with Crippen LogP contribution in [0.25, 0.3) is 0 Å². The van der Waals surface area contributed by atoms with Crippen molar-refractivity contribution in [3.05, 3.63) is 35.9 Å². The first kappa shape index (κ1) is 16.4. The minimum atomic E-state index is -0.449. The van der Waals surface area contributed by atoms with Crippen LogP contribution in [-0.2, 0) is 16.0 Å². The molecule has 2 N–H and O–H groups in total. The topological polar surface area (TPSA) is 58.2 Å².